The van der Waals surface area contributed by atoms with Crippen LogP contribution < -0.4 is 5.32 Å². The van der Waals surface area contributed by atoms with Crippen molar-refractivity contribution in [2.45, 2.75) is 6.92 Å². The summed E-state index contributed by atoms with van der Waals surface area (Å²) < 4.78 is 6.32. The molecule has 0 unspecified atom stereocenters. The average Bonchev–Trinajstić information content (AvgIpc) is 2.62. The molecular formula is C8H9N5O2. The van der Waals surface area contributed by atoms with E-state index in [0.717, 1.165) is 0 Å². The van der Waals surface area contributed by atoms with Crippen LogP contribution in [0.3, 0.4) is 0 Å². The topological polar surface area (TPSA) is 81.4 Å². The minimum Gasteiger partial charge on any atom is -0.450 e. The van der Waals surface area contributed by atoms with Crippen LogP contribution in [-0.2, 0) is 4.74 Å². The lowest BCUT2D eigenvalue weighted by molar-refractivity contribution is 0.167. The minimum atomic E-state index is -0.552. The van der Waals surface area contributed by atoms with Gasteiger partial charge in [0.05, 0.1) is 12.8 Å². The van der Waals surface area contributed by atoms with Gasteiger partial charge < -0.3 is 4.74 Å². The van der Waals surface area contributed by atoms with Crippen molar-refractivity contribution in [1.29, 1.82) is 0 Å². The third-order valence-electron chi connectivity index (χ3n) is 1.70. The fraction of sp³-hybridized carbons (Fsp3) is 0.250. The summed E-state index contributed by atoms with van der Waals surface area (Å²) in [7, 11) is 0. The average molecular weight is 207 g/mol. The van der Waals surface area contributed by atoms with Crippen LogP contribution in [0.2, 0.25) is 0 Å². The number of carbonyl (C=O) groups excluding carboxylic acids is 1. The molecule has 0 saturated heterocycles. The summed E-state index contributed by atoms with van der Waals surface area (Å²) in [5.74, 6) is 0.311. The molecule has 7 nitrogen and oxygen atoms in total. The Morgan fingerprint density at radius 3 is 3.27 bits per heavy atom. The van der Waals surface area contributed by atoms with Crippen molar-refractivity contribution in [3.05, 3.63) is 18.6 Å². The molecule has 0 fully saturated rings. The van der Waals surface area contributed by atoms with Crippen LogP contribution in [0.4, 0.5) is 10.7 Å². The second kappa shape index (κ2) is 3.91. The molecule has 1 N–H and O–H groups in total. The summed E-state index contributed by atoms with van der Waals surface area (Å²) in [5.41, 5.74) is 0.560. The number of fused-ring (bicyclic) bond motifs is 1. The number of amides is 1. The van der Waals surface area contributed by atoms with Crippen molar-refractivity contribution in [2.24, 2.45) is 0 Å². The van der Waals surface area contributed by atoms with E-state index in [9.17, 15) is 4.79 Å². The molecule has 0 saturated carbocycles. The molecular weight excluding hydrogens is 198 g/mol. The highest BCUT2D eigenvalue weighted by Crippen LogP contribution is 2.05. The third kappa shape index (κ3) is 1.85. The molecule has 0 aliphatic heterocycles. The molecule has 0 aliphatic carbocycles. The number of rotatable bonds is 2. The first-order valence-corrected chi connectivity index (χ1v) is 4.40. The molecule has 2 rings (SSSR count). The maximum Gasteiger partial charge on any atom is 0.414 e. The quantitative estimate of drug-likeness (QED) is 0.783. The van der Waals surface area contributed by atoms with Gasteiger partial charge in [-0.1, -0.05) is 0 Å². The first-order chi connectivity index (χ1) is 7.31. The van der Waals surface area contributed by atoms with E-state index in [1.54, 1.807) is 29.9 Å². The summed E-state index contributed by atoms with van der Waals surface area (Å²) in [5, 5.41) is 10.1. The van der Waals surface area contributed by atoms with Gasteiger partial charge >= 0.3 is 6.09 Å². The van der Waals surface area contributed by atoms with Gasteiger partial charge in [0, 0.05) is 12.4 Å². The molecule has 0 aromatic carbocycles. The molecule has 1 amide bonds. The van der Waals surface area contributed by atoms with Gasteiger partial charge in [0.2, 0.25) is 5.95 Å². The Morgan fingerprint density at radius 2 is 2.47 bits per heavy atom. The highest BCUT2D eigenvalue weighted by atomic mass is 16.5. The van der Waals surface area contributed by atoms with Crippen LogP contribution >= 0.6 is 0 Å². The first-order valence-electron chi connectivity index (χ1n) is 4.40. The van der Waals surface area contributed by atoms with Gasteiger partial charge in [0.25, 0.3) is 0 Å². The second-order valence-electron chi connectivity index (χ2n) is 2.67. The van der Waals surface area contributed by atoms with Crippen LogP contribution in [-0.4, -0.2) is 32.3 Å². The number of anilines is 1. The van der Waals surface area contributed by atoms with Crippen LogP contribution in [0.5, 0.6) is 0 Å². The molecule has 0 bridgehead atoms. The Bertz CT molecular complexity index is 481. The van der Waals surface area contributed by atoms with E-state index in [0.29, 0.717) is 18.2 Å². The van der Waals surface area contributed by atoms with E-state index in [1.165, 1.54) is 0 Å². The minimum absolute atomic E-state index is 0.310. The van der Waals surface area contributed by atoms with Crippen LogP contribution in [0, 0.1) is 0 Å². The predicted octanol–water partition coefficient (Wildman–Crippen LogP) is 0.693. The largest absolute Gasteiger partial charge is 0.450 e. The summed E-state index contributed by atoms with van der Waals surface area (Å²) in [6.07, 6.45) is 4.22. The third-order valence-corrected chi connectivity index (χ3v) is 1.70. The molecule has 0 atom stereocenters. The molecule has 0 spiro atoms. The van der Waals surface area contributed by atoms with E-state index in [2.05, 4.69) is 20.5 Å². The zero-order chi connectivity index (χ0) is 10.7. The lowest BCUT2D eigenvalue weighted by Gasteiger charge is -2.02. The second-order valence-corrected chi connectivity index (χ2v) is 2.67. The van der Waals surface area contributed by atoms with Gasteiger partial charge in [-0.05, 0) is 6.92 Å². The number of nitrogens with one attached hydrogen (secondary N) is 1. The lowest BCUT2D eigenvalue weighted by atomic mass is 10.7. The predicted molar refractivity (Wildman–Crippen MR) is 51.4 cm³/mol. The van der Waals surface area contributed by atoms with Crippen molar-refractivity contribution in [3.63, 3.8) is 0 Å². The van der Waals surface area contributed by atoms with E-state index in [4.69, 9.17) is 4.74 Å². The number of aromatic nitrogens is 4. The summed E-state index contributed by atoms with van der Waals surface area (Å²) in [6.45, 7) is 2.04. The molecule has 2 heterocycles. The fourth-order valence-electron chi connectivity index (χ4n) is 1.10. The van der Waals surface area contributed by atoms with Crippen LogP contribution in [0.1, 0.15) is 6.92 Å². The van der Waals surface area contributed by atoms with Gasteiger partial charge in [0.1, 0.15) is 0 Å². The van der Waals surface area contributed by atoms with E-state index < -0.39 is 6.09 Å². The number of hydrogen-bond donors (Lipinski definition) is 1. The number of carbonyl (C=O) groups is 1. The molecule has 15 heavy (non-hydrogen) atoms. The SMILES string of the molecule is CCOC(=O)Nc1nnc2cnccn12. The summed E-state index contributed by atoms with van der Waals surface area (Å²) in [6, 6.07) is 0. The normalized spacial score (nSPS) is 10.2. The highest BCUT2D eigenvalue weighted by Gasteiger charge is 2.08. The van der Waals surface area contributed by atoms with Crippen molar-refractivity contribution < 1.29 is 9.53 Å². The first kappa shape index (κ1) is 9.38. The maximum absolute atomic E-state index is 11.1. The van der Waals surface area contributed by atoms with Crippen molar-refractivity contribution in [3.8, 4) is 0 Å². The summed E-state index contributed by atoms with van der Waals surface area (Å²) >= 11 is 0. The summed E-state index contributed by atoms with van der Waals surface area (Å²) in [4.78, 5) is 15.0. The van der Waals surface area contributed by atoms with E-state index in [1.807, 2.05) is 0 Å². The molecule has 78 valence electrons. The Hall–Kier alpha value is -2.18. The molecule has 2 aromatic rings. The number of ether oxygens (including phenoxy) is 1. The molecule has 0 aliphatic rings. The standard InChI is InChI=1S/C8H9N5O2/c1-2-15-8(14)10-7-12-11-6-5-9-3-4-13(6)7/h3-5H,2H2,1H3,(H,10,12,14). The van der Waals surface area contributed by atoms with E-state index in [-0.39, 0.29) is 0 Å². The van der Waals surface area contributed by atoms with Crippen LogP contribution in [0.25, 0.3) is 5.65 Å². The smallest absolute Gasteiger partial charge is 0.414 e. The van der Waals surface area contributed by atoms with Crippen molar-refractivity contribution >= 4 is 17.7 Å². The number of nitrogens with zero attached hydrogens (tertiary/aromatic N) is 4. The van der Waals surface area contributed by atoms with Crippen molar-refractivity contribution in [2.75, 3.05) is 11.9 Å². The fourth-order valence-corrected chi connectivity index (χ4v) is 1.10. The molecule has 0 radical (unpaired) electrons. The zero-order valence-electron chi connectivity index (χ0n) is 8.04. The molecule has 2 aromatic heterocycles. The van der Waals surface area contributed by atoms with Gasteiger partial charge in [0.15, 0.2) is 5.65 Å². The van der Waals surface area contributed by atoms with Gasteiger partial charge in [-0.3, -0.25) is 14.7 Å². The Morgan fingerprint density at radius 1 is 1.60 bits per heavy atom. The highest BCUT2D eigenvalue weighted by molar-refractivity contribution is 5.82. The van der Waals surface area contributed by atoms with Crippen molar-refractivity contribution in [1.82, 2.24) is 19.6 Å². The van der Waals surface area contributed by atoms with E-state index >= 15 is 0 Å². The monoisotopic (exact) mass is 207 g/mol. The van der Waals surface area contributed by atoms with Gasteiger partial charge in [-0.25, -0.2) is 4.79 Å². The van der Waals surface area contributed by atoms with Crippen LogP contribution in [0.15, 0.2) is 18.6 Å². The Kier molecular flexibility index (Phi) is 2.44. The molecule has 7 heteroatoms. The van der Waals surface area contributed by atoms with Gasteiger partial charge in [-0.15, -0.1) is 10.2 Å². The Balaban J connectivity index is 2.25. The lowest BCUT2D eigenvalue weighted by Crippen LogP contribution is -2.15. The maximum atomic E-state index is 11.1. The Labute approximate surface area is 85.1 Å². The zero-order valence-corrected chi connectivity index (χ0v) is 8.04. The van der Waals surface area contributed by atoms with Gasteiger partial charge in [-0.2, -0.15) is 0 Å². The number of hydrogen-bond acceptors (Lipinski definition) is 5.